The van der Waals surface area contributed by atoms with Gasteiger partial charge in [0.15, 0.2) is 0 Å². The van der Waals surface area contributed by atoms with E-state index in [0.29, 0.717) is 18.9 Å². The standard InChI is InChI=1S/C11H22N4O3S/c1-15(2)4-6-18-5-3-14-19(16,17)11-7-10(8-12)13-9-11/h7,9,13-14H,3-6,8,12H2,1-2H3. The molecule has 1 rings (SSSR count). The lowest BCUT2D eigenvalue weighted by Crippen LogP contribution is -2.28. The Balaban J connectivity index is 2.31. The van der Waals surface area contributed by atoms with Gasteiger partial charge in [-0.1, -0.05) is 0 Å². The van der Waals surface area contributed by atoms with Gasteiger partial charge in [-0.25, -0.2) is 13.1 Å². The van der Waals surface area contributed by atoms with Crippen LogP contribution in [0, 0.1) is 0 Å². The number of hydrogen-bond donors (Lipinski definition) is 3. The smallest absolute Gasteiger partial charge is 0.242 e. The Morgan fingerprint density at radius 1 is 1.42 bits per heavy atom. The summed E-state index contributed by atoms with van der Waals surface area (Å²) in [7, 11) is 0.423. The second-order valence-electron chi connectivity index (χ2n) is 4.38. The molecule has 0 spiro atoms. The van der Waals surface area contributed by atoms with Crippen molar-refractivity contribution in [2.24, 2.45) is 5.73 Å². The van der Waals surface area contributed by atoms with Crippen molar-refractivity contribution in [3.8, 4) is 0 Å². The first-order valence-corrected chi connectivity index (χ1v) is 7.53. The van der Waals surface area contributed by atoms with E-state index in [9.17, 15) is 8.42 Å². The molecule has 0 aliphatic carbocycles. The van der Waals surface area contributed by atoms with Crippen LogP contribution in [0.4, 0.5) is 0 Å². The highest BCUT2D eigenvalue weighted by atomic mass is 32.2. The summed E-state index contributed by atoms with van der Waals surface area (Å²) in [5.41, 5.74) is 6.10. The lowest BCUT2D eigenvalue weighted by atomic mass is 10.4. The number of likely N-dealkylation sites (N-methyl/N-ethyl adjacent to an activating group) is 1. The molecule has 4 N–H and O–H groups in total. The number of rotatable bonds is 9. The van der Waals surface area contributed by atoms with Gasteiger partial charge in [0.25, 0.3) is 0 Å². The molecule has 0 aromatic carbocycles. The first kappa shape index (κ1) is 16.1. The quantitative estimate of drug-likeness (QED) is 0.524. The van der Waals surface area contributed by atoms with E-state index in [2.05, 4.69) is 9.71 Å². The molecule has 0 radical (unpaired) electrons. The molecule has 0 amide bonds. The van der Waals surface area contributed by atoms with E-state index in [4.69, 9.17) is 10.5 Å². The molecule has 0 atom stereocenters. The van der Waals surface area contributed by atoms with Crippen molar-refractivity contribution in [2.75, 3.05) is 40.4 Å². The Morgan fingerprint density at radius 2 is 2.16 bits per heavy atom. The van der Waals surface area contributed by atoms with Gasteiger partial charge >= 0.3 is 0 Å². The molecule has 0 aliphatic rings. The van der Waals surface area contributed by atoms with Gasteiger partial charge in [-0.15, -0.1) is 0 Å². The number of hydrogen-bond acceptors (Lipinski definition) is 5. The van der Waals surface area contributed by atoms with E-state index >= 15 is 0 Å². The molecular formula is C11H22N4O3S. The normalized spacial score (nSPS) is 12.2. The van der Waals surface area contributed by atoms with Gasteiger partial charge < -0.3 is 20.4 Å². The average molecular weight is 290 g/mol. The van der Waals surface area contributed by atoms with Crippen molar-refractivity contribution in [3.05, 3.63) is 18.0 Å². The average Bonchev–Trinajstić information content (AvgIpc) is 2.82. The number of aromatic nitrogens is 1. The van der Waals surface area contributed by atoms with Gasteiger partial charge in [0.05, 0.1) is 18.1 Å². The molecule has 0 unspecified atom stereocenters. The first-order chi connectivity index (χ1) is 8.95. The molecular weight excluding hydrogens is 268 g/mol. The van der Waals surface area contributed by atoms with Gasteiger partial charge in [0.1, 0.15) is 0 Å². The highest BCUT2D eigenvalue weighted by molar-refractivity contribution is 7.89. The summed E-state index contributed by atoms with van der Waals surface area (Å²) in [6.45, 7) is 2.27. The van der Waals surface area contributed by atoms with E-state index in [1.807, 2.05) is 19.0 Å². The number of sulfonamides is 1. The maximum Gasteiger partial charge on any atom is 0.242 e. The number of nitrogens with one attached hydrogen (secondary N) is 2. The minimum atomic E-state index is -3.48. The Hall–Kier alpha value is -0.930. The van der Waals surface area contributed by atoms with Crippen LogP contribution in [0.25, 0.3) is 0 Å². The molecule has 0 saturated heterocycles. The summed E-state index contributed by atoms with van der Waals surface area (Å²) in [6, 6.07) is 1.52. The third-order valence-corrected chi connectivity index (χ3v) is 3.91. The number of ether oxygens (including phenoxy) is 1. The second-order valence-corrected chi connectivity index (χ2v) is 6.15. The summed E-state index contributed by atoms with van der Waals surface area (Å²) in [6.07, 6.45) is 1.43. The fourth-order valence-electron chi connectivity index (χ4n) is 1.37. The number of nitrogens with zero attached hydrogens (tertiary/aromatic N) is 1. The molecule has 1 heterocycles. The number of H-pyrrole nitrogens is 1. The molecule has 110 valence electrons. The van der Waals surface area contributed by atoms with Crippen molar-refractivity contribution in [1.29, 1.82) is 0 Å². The van der Waals surface area contributed by atoms with Gasteiger partial charge in [-0.05, 0) is 20.2 Å². The number of nitrogens with two attached hydrogens (primary N) is 1. The van der Waals surface area contributed by atoms with Gasteiger partial charge in [0, 0.05) is 31.5 Å². The lowest BCUT2D eigenvalue weighted by molar-refractivity contribution is 0.122. The molecule has 1 aromatic heterocycles. The summed E-state index contributed by atoms with van der Waals surface area (Å²) in [5.74, 6) is 0. The third kappa shape index (κ3) is 5.70. The molecule has 1 aromatic rings. The zero-order valence-electron chi connectivity index (χ0n) is 11.3. The minimum Gasteiger partial charge on any atom is -0.379 e. The van der Waals surface area contributed by atoms with Crippen LogP contribution in [0.5, 0.6) is 0 Å². The van der Waals surface area contributed by atoms with Crippen LogP contribution in [0.15, 0.2) is 17.2 Å². The van der Waals surface area contributed by atoms with E-state index < -0.39 is 10.0 Å². The summed E-state index contributed by atoms with van der Waals surface area (Å²) >= 11 is 0. The molecule has 8 heteroatoms. The maximum atomic E-state index is 11.9. The topological polar surface area (TPSA) is 100 Å². The van der Waals surface area contributed by atoms with Crippen LogP contribution in [0.3, 0.4) is 0 Å². The summed E-state index contributed by atoms with van der Waals surface area (Å²) in [4.78, 5) is 5.00. The molecule has 7 nitrogen and oxygen atoms in total. The van der Waals surface area contributed by atoms with Gasteiger partial charge in [-0.2, -0.15) is 0 Å². The molecule has 0 saturated carbocycles. The van der Waals surface area contributed by atoms with Crippen molar-refractivity contribution < 1.29 is 13.2 Å². The Morgan fingerprint density at radius 3 is 2.74 bits per heavy atom. The van der Waals surface area contributed by atoms with Crippen LogP contribution in [-0.4, -0.2) is 58.7 Å². The van der Waals surface area contributed by atoms with E-state index in [-0.39, 0.29) is 18.0 Å². The summed E-state index contributed by atoms with van der Waals surface area (Å²) in [5, 5.41) is 0. The Kier molecular flexibility index (Phi) is 6.46. The predicted molar refractivity (Wildman–Crippen MR) is 73.2 cm³/mol. The zero-order chi connectivity index (χ0) is 14.3. The van der Waals surface area contributed by atoms with Crippen LogP contribution >= 0.6 is 0 Å². The maximum absolute atomic E-state index is 11.9. The van der Waals surface area contributed by atoms with E-state index in [1.54, 1.807) is 0 Å². The van der Waals surface area contributed by atoms with E-state index in [0.717, 1.165) is 6.54 Å². The fourth-order valence-corrected chi connectivity index (χ4v) is 2.40. The predicted octanol–water partition coefficient (Wildman–Crippen LogP) is -0.670. The van der Waals surface area contributed by atoms with Crippen LogP contribution < -0.4 is 10.5 Å². The Bertz CT molecular complexity index is 470. The van der Waals surface area contributed by atoms with Gasteiger partial charge in [0.2, 0.25) is 10.0 Å². The van der Waals surface area contributed by atoms with Gasteiger partial charge in [-0.3, -0.25) is 0 Å². The summed E-state index contributed by atoms with van der Waals surface area (Å²) < 4.78 is 31.5. The largest absolute Gasteiger partial charge is 0.379 e. The third-order valence-electron chi connectivity index (χ3n) is 2.47. The van der Waals surface area contributed by atoms with Crippen molar-refractivity contribution in [1.82, 2.24) is 14.6 Å². The SMILES string of the molecule is CN(C)CCOCCNS(=O)(=O)c1c[nH]c(CN)c1. The van der Waals surface area contributed by atoms with Crippen molar-refractivity contribution >= 4 is 10.0 Å². The van der Waals surface area contributed by atoms with Crippen LogP contribution in [0.1, 0.15) is 5.69 Å². The second kappa shape index (κ2) is 7.61. The molecule has 0 aliphatic heterocycles. The minimum absolute atomic E-state index is 0.196. The molecule has 0 bridgehead atoms. The lowest BCUT2D eigenvalue weighted by Gasteiger charge is -2.10. The highest BCUT2D eigenvalue weighted by Gasteiger charge is 2.14. The molecule has 19 heavy (non-hydrogen) atoms. The van der Waals surface area contributed by atoms with Crippen LogP contribution in [-0.2, 0) is 21.3 Å². The number of aromatic amines is 1. The first-order valence-electron chi connectivity index (χ1n) is 6.05. The fraction of sp³-hybridized carbons (Fsp3) is 0.636. The zero-order valence-corrected chi connectivity index (χ0v) is 12.2. The van der Waals surface area contributed by atoms with E-state index in [1.165, 1.54) is 12.3 Å². The van der Waals surface area contributed by atoms with Crippen molar-refractivity contribution in [2.45, 2.75) is 11.4 Å². The Labute approximate surface area is 114 Å². The van der Waals surface area contributed by atoms with Crippen molar-refractivity contribution in [3.63, 3.8) is 0 Å². The van der Waals surface area contributed by atoms with Crippen LogP contribution in [0.2, 0.25) is 0 Å². The monoisotopic (exact) mass is 290 g/mol. The highest BCUT2D eigenvalue weighted by Crippen LogP contribution is 2.09. The molecule has 0 fully saturated rings.